The Bertz CT molecular complexity index is 730. The lowest BCUT2D eigenvalue weighted by Crippen LogP contribution is -2.55. The predicted octanol–water partition coefficient (Wildman–Crippen LogP) is 3.56. The first-order valence-corrected chi connectivity index (χ1v) is 9.94. The summed E-state index contributed by atoms with van der Waals surface area (Å²) in [5.41, 5.74) is -0.182. The molecular formula is C20H29Cl2N3O3. The highest BCUT2D eigenvalue weighted by Crippen LogP contribution is 2.21. The van der Waals surface area contributed by atoms with Gasteiger partial charge in [-0.1, -0.05) is 37.0 Å². The number of carbonyl (C=O) groups excluding carboxylic acids is 3. The van der Waals surface area contributed by atoms with Crippen molar-refractivity contribution in [1.82, 2.24) is 16.0 Å². The highest BCUT2D eigenvalue weighted by Gasteiger charge is 2.27. The van der Waals surface area contributed by atoms with Crippen LogP contribution < -0.4 is 16.0 Å². The van der Waals surface area contributed by atoms with Crippen LogP contribution in [0.1, 0.15) is 58.3 Å². The van der Waals surface area contributed by atoms with E-state index in [4.69, 9.17) is 23.2 Å². The summed E-state index contributed by atoms with van der Waals surface area (Å²) in [5.74, 6) is -1.05. The van der Waals surface area contributed by atoms with Gasteiger partial charge in [0.15, 0.2) is 0 Å². The van der Waals surface area contributed by atoms with E-state index in [-0.39, 0.29) is 22.4 Å². The van der Waals surface area contributed by atoms with Gasteiger partial charge in [0, 0.05) is 10.6 Å². The highest BCUT2D eigenvalue weighted by atomic mass is 35.5. The summed E-state index contributed by atoms with van der Waals surface area (Å²) in [4.78, 5) is 37.5. The van der Waals surface area contributed by atoms with Crippen molar-refractivity contribution < 1.29 is 14.4 Å². The largest absolute Gasteiger partial charge is 0.350 e. The zero-order valence-electron chi connectivity index (χ0n) is 17.2. The minimum absolute atomic E-state index is 0.149. The lowest BCUT2D eigenvalue weighted by Gasteiger charge is -2.26. The molecule has 0 saturated carbocycles. The van der Waals surface area contributed by atoms with Crippen molar-refractivity contribution in [3.05, 3.63) is 33.8 Å². The Labute approximate surface area is 176 Å². The maximum absolute atomic E-state index is 12.7. The average molecular weight is 430 g/mol. The molecule has 2 unspecified atom stereocenters. The van der Waals surface area contributed by atoms with Crippen LogP contribution in [0.4, 0.5) is 0 Å². The Balaban J connectivity index is 2.87. The number of rotatable bonds is 7. The second-order valence-electron chi connectivity index (χ2n) is 8.25. The predicted molar refractivity (Wildman–Crippen MR) is 113 cm³/mol. The Morgan fingerprint density at radius 2 is 1.61 bits per heavy atom. The van der Waals surface area contributed by atoms with Crippen LogP contribution in [0.2, 0.25) is 10.0 Å². The summed E-state index contributed by atoms with van der Waals surface area (Å²) >= 11 is 11.9. The van der Waals surface area contributed by atoms with Crippen molar-refractivity contribution in [3.8, 4) is 0 Å². The molecule has 0 fully saturated rings. The summed E-state index contributed by atoms with van der Waals surface area (Å²) in [6, 6.07) is 2.98. The van der Waals surface area contributed by atoms with Crippen LogP contribution in [0, 0.1) is 5.92 Å². The smallest absolute Gasteiger partial charge is 0.253 e. The van der Waals surface area contributed by atoms with Gasteiger partial charge in [-0.3, -0.25) is 14.4 Å². The second-order valence-corrected chi connectivity index (χ2v) is 9.09. The number of amides is 3. The first-order chi connectivity index (χ1) is 12.8. The SMILES string of the molecule is CC(C)CC(NC(=O)c1ccc(Cl)cc1Cl)C(=O)NC(C)C(=O)NC(C)(C)C. The van der Waals surface area contributed by atoms with Gasteiger partial charge in [-0.25, -0.2) is 0 Å². The van der Waals surface area contributed by atoms with Gasteiger partial charge < -0.3 is 16.0 Å². The molecule has 28 heavy (non-hydrogen) atoms. The molecule has 0 spiro atoms. The Kier molecular flexibility index (Phi) is 8.76. The van der Waals surface area contributed by atoms with Gasteiger partial charge in [-0.2, -0.15) is 0 Å². The third-order valence-electron chi connectivity index (χ3n) is 3.75. The van der Waals surface area contributed by atoms with Crippen molar-refractivity contribution >= 4 is 40.9 Å². The fourth-order valence-electron chi connectivity index (χ4n) is 2.47. The lowest BCUT2D eigenvalue weighted by atomic mass is 10.0. The van der Waals surface area contributed by atoms with E-state index in [1.807, 2.05) is 34.6 Å². The van der Waals surface area contributed by atoms with Crippen LogP contribution in [0.15, 0.2) is 18.2 Å². The summed E-state index contributed by atoms with van der Waals surface area (Å²) < 4.78 is 0. The molecule has 0 saturated heterocycles. The number of halogens is 2. The summed E-state index contributed by atoms with van der Waals surface area (Å²) in [7, 11) is 0. The third kappa shape index (κ3) is 8.07. The molecule has 0 aliphatic rings. The molecule has 0 aromatic heterocycles. The van der Waals surface area contributed by atoms with E-state index in [1.54, 1.807) is 13.0 Å². The van der Waals surface area contributed by atoms with Crippen molar-refractivity contribution in [2.45, 2.75) is 65.6 Å². The first kappa shape index (κ1) is 24.2. The summed E-state index contributed by atoms with van der Waals surface area (Å²) in [6.07, 6.45) is 0.413. The molecule has 0 aliphatic heterocycles. The molecule has 0 radical (unpaired) electrons. The van der Waals surface area contributed by atoms with Crippen molar-refractivity contribution in [2.24, 2.45) is 5.92 Å². The highest BCUT2D eigenvalue weighted by molar-refractivity contribution is 6.36. The van der Waals surface area contributed by atoms with Crippen LogP contribution in [0.5, 0.6) is 0 Å². The molecule has 1 aromatic carbocycles. The molecule has 8 heteroatoms. The average Bonchev–Trinajstić information content (AvgIpc) is 2.51. The molecule has 3 amide bonds. The van der Waals surface area contributed by atoms with Gasteiger partial charge in [0.2, 0.25) is 11.8 Å². The number of carbonyl (C=O) groups is 3. The number of benzene rings is 1. The van der Waals surface area contributed by atoms with E-state index in [1.165, 1.54) is 12.1 Å². The van der Waals surface area contributed by atoms with Crippen LogP contribution >= 0.6 is 23.2 Å². The molecule has 3 N–H and O–H groups in total. The Morgan fingerprint density at radius 3 is 2.11 bits per heavy atom. The molecule has 1 rings (SSSR count). The minimum Gasteiger partial charge on any atom is -0.350 e. The minimum atomic E-state index is -0.802. The summed E-state index contributed by atoms with van der Waals surface area (Å²) in [5, 5.41) is 8.80. The van der Waals surface area contributed by atoms with Gasteiger partial charge in [-0.15, -0.1) is 0 Å². The molecule has 6 nitrogen and oxygen atoms in total. The van der Waals surface area contributed by atoms with Gasteiger partial charge in [0.05, 0.1) is 10.6 Å². The zero-order chi connectivity index (χ0) is 21.6. The van der Waals surface area contributed by atoms with E-state index >= 15 is 0 Å². The molecule has 156 valence electrons. The zero-order valence-corrected chi connectivity index (χ0v) is 18.7. The third-order valence-corrected chi connectivity index (χ3v) is 4.30. The summed E-state index contributed by atoms with van der Waals surface area (Å²) in [6.45, 7) is 11.1. The van der Waals surface area contributed by atoms with Crippen molar-refractivity contribution in [3.63, 3.8) is 0 Å². The van der Waals surface area contributed by atoms with Gasteiger partial charge >= 0.3 is 0 Å². The van der Waals surface area contributed by atoms with Crippen molar-refractivity contribution in [2.75, 3.05) is 0 Å². The normalized spacial score (nSPS) is 13.6. The topological polar surface area (TPSA) is 87.3 Å². The number of nitrogens with one attached hydrogen (secondary N) is 3. The molecular weight excluding hydrogens is 401 g/mol. The Morgan fingerprint density at radius 1 is 1.00 bits per heavy atom. The fraction of sp³-hybridized carbons (Fsp3) is 0.550. The molecule has 2 atom stereocenters. The van der Waals surface area contributed by atoms with E-state index in [0.717, 1.165) is 0 Å². The van der Waals surface area contributed by atoms with E-state index < -0.39 is 29.4 Å². The molecule has 1 aromatic rings. The number of hydrogen-bond donors (Lipinski definition) is 3. The van der Waals surface area contributed by atoms with E-state index in [0.29, 0.717) is 11.4 Å². The Hall–Kier alpha value is -1.79. The first-order valence-electron chi connectivity index (χ1n) is 9.18. The number of hydrogen-bond acceptors (Lipinski definition) is 3. The lowest BCUT2D eigenvalue weighted by molar-refractivity contribution is -0.130. The molecule has 0 bridgehead atoms. The van der Waals surface area contributed by atoms with Crippen LogP contribution in [-0.2, 0) is 9.59 Å². The van der Waals surface area contributed by atoms with Crippen LogP contribution in [0.3, 0.4) is 0 Å². The van der Waals surface area contributed by atoms with E-state index in [9.17, 15) is 14.4 Å². The van der Waals surface area contributed by atoms with E-state index in [2.05, 4.69) is 16.0 Å². The van der Waals surface area contributed by atoms with Gasteiger partial charge in [-0.05, 0) is 58.2 Å². The van der Waals surface area contributed by atoms with Crippen molar-refractivity contribution in [1.29, 1.82) is 0 Å². The quantitative estimate of drug-likeness (QED) is 0.618. The monoisotopic (exact) mass is 429 g/mol. The maximum Gasteiger partial charge on any atom is 0.253 e. The van der Waals surface area contributed by atoms with Gasteiger partial charge in [0.25, 0.3) is 5.91 Å². The van der Waals surface area contributed by atoms with Crippen LogP contribution in [0.25, 0.3) is 0 Å². The second kappa shape index (κ2) is 10.1. The fourth-order valence-corrected chi connectivity index (χ4v) is 2.96. The standard InChI is InChI=1S/C20H29Cl2N3O3/c1-11(2)9-16(19(28)23-12(3)17(26)25-20(4,5)6)24-18(27)14-8-7-13(21)10-15(14)22/h7-8,10-12,16H,9H2,1-6H3,(H,23,28)(H,24,27)(H,25,26). The van der Waals surface area contributed by atoms with Crippen LogP contribution in [-0.4, -0.2) is 35.3 Å². The maximum atomic E-state index is 12.7. The van der Waals surface area contributed by atoms with Gasteiger partial charge in [0.1, 0.15) is 12.1 Å². The molecule has 0 aliphatic carbocycles. The molecule has 0 heterocycles.